The highest BCUT2D eigenvalue weighted by atomic mass is 19.1. The molecule has 7 heteroatoms. The van der Waals surface area contributed by atoms with Crippen molar-refractivity contribution in [2.45, 2.75) is 40.0 Å². The number of benzene rings is 1. The predicted octanol–water partition coefficient (Wildman–Crippen LogP) is 3.75. The molecule has 2 unspecified atom stereocenters. The predicted molar refractivity (Wildman–Crippen MR) is 96.1 cm³/mol. The zero-order chi connectivity index (χ0) is 19.1. The molecule has 5 nitrogen and oxygen atoms in total. The molecular weight excluding hydrogens is 352 g/mol. The summed E-state index contributed by atoms with van der Waals surface area (Å²) in [6, 6.07) is 3.38. The molecule has 2 atom stereocenters. The summed E-state index contributed by atoms with van der Waals surface area (Å²) in [6.07, 6.45) is 2.79. The van der Waals surface area contributed by atoms with Crippen LogP contribution in [-0.4, -0.2) is 19.9 Å². The summed E-state index contributed by atoms with van der Waals surface area (Å²) in [6.45, 7) is 4.80. The van der Waals surface area contributed by atoms with Gasteiger partial charge in [0.15, 0.2) is 0 Å². The van der Waals surface area contributed by atoms with Gasteiger partial charge in [-0.3, -0.25) is 0 Å². The van der Waals surface area contributed by atoms with Gasteiger partial charge in [-0.2, -0.15) is 5.10 Å². The van der Waals surface area contributed by atoms with Crippen LogP contribution in [0.25, 0.3) is 10.9 Å². The van der Waals surface area contributed by atoms with Gasteiger partial charge in [0.1, 0.15) is 23.8 Å². The van der Waals surface area contributed by atoms with Gasteiger partial charge in [-0.15, -0.1) is 5.10 Å². The molecule has 27 heavy (non-hydrogen) atoms. The summed E-state index contributed by atoms with van der Waals surface area (Å²) in [4.78, 5) is 0. The number of rotatable bonds is 6. The van der Waals surface area contributed by atoms with E-state index < -0.39 is 11.6 Å². The van der Waals surface area contributed by atoms with Crippen LogP contribution in [0.15, 0.2) is 24.4 Å². The van der Waals surface area contributed by atoms with E-state index in [4.69, 9.17) is 4.74 Å². The van der Waals surface area contributed by atoms with Crippen molar-refractivity contribution < 1.29 is 18.6 Å². The maximum atomic E-state index is 13.9. The summed E-state index contributed by atoms with van der Waals surface area (Å²) in [7, 11) is 0. The molecule has 0 bridgehead atoms. The maximum absolute atomic E-state index is 13.9. The first-order valence-corrected chi connectivity index (χ1v) is 9.00. The Bertz CT molecular complexity index is 1000. The van der Waals surface area contributed by atoms with Crippen LogP contribution in [0.1, 0.15) is 30.2 Å². The lowest BCUT2D eigenvalue weighted by atomic mass is 10.2. The Morgan fingerprint density at radius 2 is 2.11 bits per heavy atom. The van der Waals surface area contributed by atoms with E-state index in [1.807, 2.05) is 6.92 Å². The third kappa shape index (κ3) is 3.27. The topological polar surface area (TPSA) is 60.2 Å². The Hall–Kier alpha value is -2.54. The minimum atomic E-state index is -0.662. The Balaban J connectivity index is 1.71. The highest BCUT2D eigenvalue weighted by Gasteiger charge is 2.34. The van der Waals surface area contributed by atoms with Crippen molar-refractivity contribution >= 4 is 10.9 Å². The molecule has 1 N–H and O–H groups in total. The van der Waals surface area contributed by atoms with E-state index >= 15 is 0 Å². The van der Waals surface area contributed by atoms with Gasteiger partial charge in [0.2, 0.25) is 0 Å². The van der Waals surface area contributed by atoms with Gasteiger partial charge in [0.05, 0.1) is 12.8 Å². The largest absolute Gasteiger partial charge is 0.470 e. The van der Waals surface area contributed by atoms with Crippen molar-refractivity contribution in [3.63, 3.8) is 0 Å². The third-order valence-corrected chi connectivity index (χ3v) is 5.46. The standard InChI is InChI=1S/C20H21F2N3O2/c1-11-5-14(11)8-25-12(2)17(9-26)16-7-23-24-20(19(16)25)27-10-13-3-4-15(21)6-18(13)22/h3-4,6-7,11,14,26H,5,8-10H2,1-2H3. The van der Waals surface area contributed by atoms with Gasteiger partial charge in [0, 0.05) is 34.8 Å². The van der Waals surface area contributed by atoms with Crippen LogP contribution in [0.3, 0.4) is 0 Å². The minimum Gasteiger partial charge on any atom is -0.470 e. The van der Waals surface area contributed by atoms with E-state index in [0.717, 1.165) is 34.8 Å². The lowest BCUT2D eigenvalue weighted by molar-refractivity contribution is 0.282. The highest BCUT2D eigenvalue weighted by molar-refractivity contribution is 5.88. The normalized spacial score (nSPS) is 18.9. The first-order chi connectivity index (χ1) is 13.0. The molecule has 0 radical (unpaired) electrons. The number of nitrogens with zero attached hydrogens (tertiary/aromatic N) is 3. The maximum Gasteiger partial charge on any atom is 0.258 e. The Kier molecular flexibility index (Phi) is 4.55. The van der Waals surface area contributed by atoms with Crippen LogP contribution in [0, 0.1) is 30.4 Å². The number of halogens is 2. The summed E-state index contributed by atoms with van der Waals surface area (Å²) in [5, 5.41) is 18.7. The van der Waals surface area contributed by atoms with E-state index in [1.54, 1.807) is 6.20 Å². The molecular formula is C20H21F2N3O2. The van der Waals surface area contributed by atoms with Crippen LogP contribution in [0.5, 0.6) is 5.88 Å². The average Bonchev–Trinajstić information content (AvgIpc) is 3.26. The Labute approximate surface area is 155 Å². The average molecular weight is 373 g/mol. The van der Waals surface area contributed by atoms with Crippen LogP contribution < -0.4 is 4.74 Å². The molecule has 142 valence electrons. The summed E-state index contributed by atoms with van der Waals surface area (Å²) < 4.78 is 34.9. The molecule has 4 rings (SSSR count). The molecule has 0 amide bonds. The summed E-state index contributed by atoms with van der Waals surface area (Å²) >= 11 is 0. The number of ether oxygens (including phenoxy) is 1. The van der Waals surface area contributed by atoms with E-state index in [-0.39, 0.29) is 24.7 Å². The van der Waals surface area contributed by atoms with Crippen molar-refractivity contribution in [1.82, 2.24) is 14.8 Å². The highest BCUT2D eigenvalue weighted by Crippen LogP contribution is 2.41. The number of hydrogen-bond donors (Lipinski definition) is 1. The van der Waals surface area contributed by atoms with E-state index in [0.29, 0.717) is 11.8 Å². The monoisotopic (exact) mass is 373 g/mol. The van der Waals surface area contributed by atoms with Crippen molar-refractivity contribution in [3.8, 4) is 5.88 Å². The number of aromatic nitrogens is 3. The fourth-order valence-corrected chi connectivity index (χ4v) is 3.57. The van der Waals surface area contributed by atoms with Crippen LogP contribution in [-0.2, 0) is 19.8 Å². The van der Waals surface area contributed by atoms with Gasteiger partial charge < -0.3 is 14.4 Å². The summed E-state index contributed by atoms with van der Waals surface area (Å²) in [5.41, 5.74) is 2.75. The van der Waals surface area contributed by atoms with Crippen molar-refractivity contribution in [3.05, 3.63) is 52.9 Å². The van der Waals surface area contributed by atoms with Crippen LogP contribution in [0.2, 0.25) is 0 Å². The van der Waals surface area contributed by atoms with Gasteiger partial charge in [-0.1, -0.05) is 6.92 Å². The van der Waals surface area contributed by atoms with Gasteiger partial charge in [0.25, 0.3) is 5.88 Å². The zero-order valence-corrected chi connectivity index (χ0v) is 15.2. The molecule has 1 aromatic carbocycles. The fraction of sp³-hybridized carbons (Fsp3) is 0.400. The smallest absolute Gasteiger partial charge is 0.258 e. The lowest BCUT2D eigenvalue weighted by Crippen LogP contribution is -2.07. The number of hydrogen-bond acceptors (Lipinski definition) is 4. The van der Waals surface area contributed by atoms with Crippen molar-refractivity contribution in [1.29, 1.82) is 0 Å². The van der Waals surface area contributed by atoms with E-state index in [9.17, 15) is 13.9 Å². The molecule has 0 aliphatic heterocycles. The molecule has 2 aromatic heterocycles. The number of fused-ring (bicyclic) bond motifs is 1. The fourth-order valence-electron chi connectivity index (χ4n) is 3.57. The van der Waals surface area contributed by atoms with E-state index in [2.05, 4.69) is 21.7 Å². The van der Waals surface area contributed by atoms with Crippen molar-refractivity contribution in [2.75, 3.05) is 0 Å². The second-order valence-corrected chi connectivity index (χ2v) is 7.24. The summed E-state index contributed by atoms with van der Waals surface area (Å²) in [5.74, 6) is 0.249. The van der Waals surface area contributed by atoms with Crippen LogP contribution in [0.4, 0.5) is 8.78 Å². The second kappa shape index (κ2) is 6.88. The van der Waals surface area contributed by atoms with Gasteiger partial charge in [-0.05, 0) is 37.3 Å². The SMILES string of the molecule is Cc1c(CO)c2cnnc(OCc3ccc(F)cc3F)c2n1CC1CC1C. The molecule has 1 aliphatic rings. The first kappa shape index (κ1) is 17.9. The van der Waals surface area contributed by atoms with Gasteiger partial charge in [-0.25, -0.2) is 8.78 Å². The quantitative estimate of drug-likeness (QED) is 0.715. The Morgan fingerprint density at radius 1 is 1.33 bits per heavy atom. The molecule has 2 heterocycles. The molecule has 0 saturated heterocycles. The second-order valence-electron chi connectivity index (χ2n) is 7.24. The van der Waals surface area contributed by atoms with Crippen LogP contribution >= 0.6 is 0 Å². The molecule has 0 spiro atoms. The van der Waals surface area contributed by atoms with Gasteiger partial charge >= 0.3 is 0 Å². The molecule has 3 aromatic rings. The molecule has 1 aliphatic carbocycles. The first-order valence-electron chi connectivity index (χ1n) is 9.00. The van der Waals surface area contributed by atoms with E-state index in [1.165, 1.54) is 18.6 Å². The third-order valence-electron chi connectivity index (χ3n) is 5.46. The minimum absolute atomic E-state index is 0.0849. The number of aliphatic hydroxyl groups excluding tert-OH is 1. The lowest BCUT2D eigenvalue weighted by Gasteiger charge is -2.11. The molecule has 1 fully saturated rings. The molecule has 1 saturated carbocycles. The Morgan fingerprint density at radius 3 is 2.78 bits per heavy atom. The zero-order valence-electron chi connectivity index (χ0n) is 15.2. The van der Waals surface area contributed by atoms with Crippen molar-refractivity contribution in [2.24, 2.45) is 11.8 Å². The number of aliphatic hydroxyl groups is 1.